The number of hydrogen-bond acceptors (Lipinski definition) is 10. The quantitative estimate of drug-likeness (QED) is 0.234. The molecule has 262 valence electrons. The molecule has 10 heteroatoms. The van der Waals surface area contributed by atoms with Crippen LogP contribution >= 0.6 is 0 Å². The fourth-order valence-electron chi connectivity index (χ4n) is 13.7. The number of aliphatic hydroxyl groups is 3. The topological polar surface area (TPSA) is 136 Å². The number of hydrogen-bond donors (Lipinski definition) is 3. The van der Waals surface area contributed by atoms with Crippen LogP contribution in [0.2, 0.25) is 0 Å². The zero-order valence-electron chi connectivity index (χ0n) is 29.0. The Morgan fingerprint density at radius 3 is 2.45 bits per heavy atom. The van der Waals surface area contributed by atoms with Crippen molar-refractivity contribution in [2.24, 2.45) is 44.8 Å². The van der Waals surface area contributed by atoms with Gasteiger partial charge in [-0.05, 0) is 74.0 Å². The third kappa shape index (κ3) is 3.73. The van der Waals surface area contributed by atoms with Crippen LogP contribution in [0, 0.1) is 44.8 Å². The molecule has 47 heavy (non-hydrogen) atoms. The molecule has 0 aromatic rings. The molecule has 17 atom stereocenters. The first kappa shape index (κ1) is 31.8. The molecular formula is C37H54O10. The summed E-state index contributed by atoms with van der Waals surface area (Å²) in [4.78, 5) is 12.9. The lowest BCUT2D eigenvalue weighted by molar-refractivity contribution is -0.307. The third-order valence-corrected chi connectivity index (χ3v) is 16.0. The van der Waals surface area contributed by atoms with Crippen LogP contribution in [0.15, 0.2) is 11.6 Å². The van der Waals surface area contributed by atoms with Crippen molar-refractivity contribution in [1.29, 1.82) is 0 Å². The zero-order chi connectivity index (χ0) is 33.3. The number of carbonyl (C=O) groups excluding carboxylic acids is 1. The zero-order valence-corrected chi connectivity index (χ0v) is 29.0. The second-order valence-corrected chi connectivity index (χ2v) is 18.5. The van der Waals surface area contributed by atoms with Gasteiger partial charge < -0.3 is 43.7 Å². The van der Waals surface area contributed by atoms with Gasteiger partial charge in [0.15, 0.2) is 12.1 Å². The summed E-state index contributed by atoms with van der Waals surface area (Å²) in [6.45, 7) is 15.9. The van der Waals surface area contributed by atoms with Gasteiger partial charge in [0.05, 0.1) is 25.4 Å². The highest BCUT2D eigenvalue weighted by Gasteiger charge is 2.85. The molecule has 9 aliphatic rings. The Bertz CT molecular complexity index is 1410. The fourth-order valence-corrected chi connectivity index (χ4v) is 13.7. The summed E-state index contributed by atoms with van der Waals surface area (Å²) in [7, 11) is 0. The lowest BCUT2D eigenvalue weighted by atomic mass is 9.44. The summed E-state index contributed by atoms with van der Waals surface area (Å²) in [6.07, 6.45) is 3.70. The summed E-state index contributed by atoms with van der Waals surface area (Å²) < 4.78 is 38.3. The monoisotopic (exact) mass is 658 g/mol. The van der Waals surface area contributed by atoms with Crippen molar-refractivity contribution in [3.63, 3.8) is 0 Å². The van der Waals surface area contributed by atoms with E-state index in [0.29, 0.717) is 18.4 Å². The number of rotatable bonds is 3. The molecule has 0 aromatic carbocycles. The van der Waals surface area contributed by atoms with Crippen LogP contribution in [0.3, 0.4) is 0 Å². The molecule has 0 unspecified atom stereocenters. The molecule has 4 aliphatic heterocycles. The maximum absolute atomic E-state index is 12.9. The van der Waals surface area contributed by atoms with E-state index in [1.54, 1.807) is 12.5 Å². The van der Waals surface area contributed by atoms with E-state index in [4.69, 9.17) is 28.4 Å². The molecule has 8 fully saturated rings. The van der Waals surface area contributed by atoms with E-state index in [1.807, 2.05) is 0 Å². The first-order chi connectivity index (χ1) is 22.0. The van der Waals surface area contributed by atoms with Crippen molar-refractivity contribution in [2.75, 3.05) is 13.2 Å². The number of carbonyl (C=O) groups is 1. The van der Waals surface area contributed by atoms with Crippen molar-refractivity contribution in [1.82, 2.24) is 0 Å². The Morgan fingerprint density at radius 1 is 1.00 bits per heavy atom. The molecule has 0 bridgehead atoms. The van der Waals surface area contributed by atoms with E-state index < -0.39 is 30.4 Å². The molecule has 0 amide bonds. The summed E-state index contributed by atoms with van der Waals surface area (Å²) in [5.74, 6) is -0.0424. The smallest absolute Gasteiger partial charge is 0.302 e. The number of epoxide rings is 1. The first-order valence-electron chi connectivity index (χ1n) is 18.2. The SMILES string of the molecule is CC(=O)O[C@@H]1C[C@@]23C[C@@]24CC[C@H](O[C@@H]2OC[C@@H](O)[C@H](O)[C@H]2O)C(C)(C)[C@@H]4CC=C3[C@]2(C)C[C@@H]3O[C@]4(C[C@@H](C)[C@@H]3[C@@]12C)OC[C@]1(C)O[C@@H]41. The van der Waals surface area contributed by atoms with Gasteiger partial charge in [-0.3, -0.25) is 4.79 Å². The minimum absolute atomic E-state index is 0.0156. The average Bonchev–Trinajstić information content (AvgIpc) is 3.81. The van der Waals surface area contributed by atoms with E-state index in [1.165, 1.54) is 0 Å². The van der Waals surface area contributed by atoms with Gasteiger partial charge in [-0.1, -0.05) is 46.3 Å². The Morgan fingerprint density at radius 2 is 1.77 bits per heavy atom. The summed E-state index contributed by atoms with van der Waals surface area (Å²) >= 11 is 0. The maximum atomic E-state index is 12.9. The number of ether oxygens (including phenoxy) is 6. The van der Waals surface area contributed by atoms with Crippen LogP contribution in [-0.4, -0.2) is 94.9 Å². The summed E-state index contributed by atoms with van der Waals surface area (Å²) in [5.41, 5.74) is 0.598. The highest BCUT2D eigenvalue weighted by atomic mass is 16.8. The second-order valence-electron chi connectivity index (χ2n) is 18.5. The summed E-state index contributed by atoms with van der Waals surface area (Å²) in [5, 5.41) is 30.9. The number of esters is 1. The molecule has 0 radical (unpaired) electrons. The van der Waals surface area contributed by atoms with Crippen LogP contribution in [-0.2, 0) is 33.2 Å². The van der Waals surface area contributed by atoms with Crippen LogP contribution in [0.4, 0.5) is 0 Å². The maximum Gasteiger partial charge on any atom is 0.302 e. The van der Waals surface area contributed by atoms with Gasteiger partial charge in [-0.15, -0.1) is 0 Å². The Labute approximate surface area is 277 Å². The molecule has 4 saturated carbocycles. The number of allylic oxidation sites excluding steroid dienone is 2. The molecule has 9 rings (SSSR count). The molecular weight excluding hydrogens is 604 g/mol. The Hall–Kier alpha value is -1.11. The van der Waals surface area contributed by atoms with Crippen LogP contribution in [0.25, 0.3) is 0 Å². The highest BCUT2D eigenvalue weighted by Crippen LogP contribution is 2.88. The van der Waals surface area contributed by atoms with Gasteiger partial charge >= 0.3 is 5.97 Å². The number of fused-ring (bicyclic) bond motifs is 6. The van der Waals surface area contributed by atoms with Crippen molar-refractivity contribution in [2.45, 2.75) is 154 Å². The first-order valence-corrected chi connectivity index (χ1v) is 18.2. The predicted molar refractivity (Wildman–Crippen MR) is 166 cm³/mol. The molecule has 3 N–H and O–H groups in total. The average molecular weight is 659 g/mol. The van der Waals surface area contributed by atoms with Crippen molar-refractivity contribution in [3.05, 3.63) is 11.6 Å². The van der Waals surface area contributed by atoms with Gasteiger partial charge in [0.1, 0.15) is 36.1 Å². The van der Waals surface area contributed by atoms with E-state index >= 15 is 0 Å². The molecule has 4 saturated heterocycles. The standard InChI is InChI=1S/C37H54O10/c1-18-12-37(30-33(6,47-30)17-43-37)46-21-13-32(5)23-9-8-22-31(3,4)24(45-29-28(41)27(40)20(39)15-42-29)10-11-35(22)16-36(23,35)14-25(44-19(2)38)34(32,7)26(18)21/h9,18,20-22,24-30,39-41H,8,10-17H2,1-7H3/t18-,20-,21+,22+,24+,25-,26+,27+,28-,29+,30-,32+,33+,34-,35-,36+,37+/m1/s1. The van der Waals surface area contributed by atoms with Gasteiger partial charge in [0.2, 0.25) is 0 Å². The lowest BCUT2D eigenvalue weighted by Crippen LogP contribution is -2.61. The largest absolute Gasteiger partial charge is 0.462 e. The molecule has 0 aromatic heterocycles. The van der Waals surface area contributed by atoms with Crippen molar-refractivity contribution in [3.8, 4) is 0 Å². The molecule has 5 aliphatic carbocycles. The van der Waals surface area contributed by atoms with Gasteiger partial charge in [-0.25, -0.2) is 0 Å². The Balaban J connectivity index is 1.06. The molecule has 3 spiro atoms. The summed E-state index contributed by atoms with van der Waals surface area (Å²) in [6, 6.07) is 0. The minimum atomic E-state index is -1.31. The van der Waals surface area contributed by atoms with Crippen LogP contribution in [0.5, 0.6) is 0 Å². The minimum Gasteiger partial charge on any atom is -0.462 e. The van der Waals surface area contributed by atoms with E-state index in [-0.39, 0.29) is 75.6 Å². The highest BCUT2D eigenvalue weighted by molar-refractivity contribution is 5.66. The van der Waals surface area contributed by atoms with Gasteiger partial charge in [0.25, 0.3) is 0 Å². The van der Waals surface area contributed by atoms with Gasteiger partial charge in [0, 0.05) is 29.6 Å². The normalized spacial score (nSPS) is 61.1. The lowest BCUT2D eigenvalue weighted by Gasteiger charge is -2.62. The molecule has 10 nitrogen and oxygen atoms in total. The predicted octanol–water partition coefficient (Wildman–Crippen LogP) is 3.63. The molecule has 4 heterocycles. The fraction of sp³-hybridized carbons (Fsp3) is 0.919. The van der Waals surface area contributed by atoms with Crippen LogP contribution < -0.4 is 0 Å². The second kappa shape index (κ2) is 9.40. The van der Waals surface area contributed by atoms with E-state index in [0.717, 1.165) is 44.9 Å². The third-order valence-electron chi connectivity index (χ3n) is 16.0. The van der Waals surface area contributed by atoms with Crippen LogP contribution in [0.1, 0.15) is 93.4 Å². The number of aliphatic hydroxyl groups excluding tert-OH is 3. The Kier molecular flexibility index (Phi) is 6.37. The van der Waals surface area contributed by atoms with E-state index in [2.05, 4.69) is 47.6 Å². The van der Waals surface area contributed by atoms with Crippen molar-refractivity contribution >= 4 is 5.97 Å². The van der Waals surface area contributed by atoms with Crippen molar-refractivity contribution < 1.29 is 48.5 Å². The van der Waals surface area contributed by atoms with E-state index in [9.17, 15) is 20.1 Å². The van der Waals surface area contributed by atoms with Gasteiger partial charge in [-0.2, -0.15) is 0 Å².